The van der Waals surface area contributed by atoms with Crippen LogP contribution in [0.15, 0.2) is 36.4 Å². The molecular weight excluding hydrogens is 537 g/mol. The summed E-state index contributed by atoms with van der Waals surface area (Å²) in [5.74, 6) is -3.24. The fourth-order valence-corrected chi connectivity index (χ4v) is 4.97. The number of carbonyl (C=O) groups is 2. The van der Waals surface area contributed by atoms with E-state index in [2.05, 4.69) is 10.6 Å². The maximum absolute atomic E-state index is 13.2. The maximum atomic E-state index is 13.2. The molecule has 0 spiro atoms. The van der Waals surface area contributed by atoms with Crippen LogP contribution in [0.4, 0.5) is 18.9 Å². The first kappa shape index (κ1) is 24.9. The van der Waals surface area contributed by atoms with Crippen molar-refractivity contribution in [1.82, 2.24) is 5.32 Å². The first-order valence-corrected chi connectivity index (χ1v) is 11.4. The van der Waals surface area contributed by atoms with Gasteiger partial charge in [-0.3, -0.25) is 9.59 Å². The summed E-state index contributed by atoms with van der Waals surface area (Å²) in [5, 5.41) is 14.3. The summed E-state index contributed by atoms with van der Waals surface area (Å²) in [6, 6.07) is 9.10. The fourth-order valence-electron chi connectivity index (χ4n) is 3.69. The van der Waals surface area contributed by atoms with Gasteiger partial charge in [-0.2, -0.15) is 18.4 Å². The molecule has 178 valence electrons. The molecule has 0 aliphatic heterocycles. The zero-order valence-corrected chi connectivity index (χ0v) is 20.0. The second-order valence-electron chi connectivity index (χ2n) is 8.23. The average Bonchev–Trinajstić information content (AvgIpc) is 3.63. The second-order valence-corrected chi connectivity index (χ2v) is 10.5. The number of hydrogen-bond donors (Lipinski definition) is 2. The van der Waals surface area contributed by atoms with E-state index < -0.39 is 45.3 Å². The molecule has 2 unspecified atom stereocenters. The van der Waals surface area contributed by atoms with Gasteiger partial charge in [-0.05, 0) is 54.8 Å². The van der Waals surface area contributed by atoms with Crippen molar-refractivity contribution in [3.8, 4) is 6.07 Å². The summed E-state index contributed by atoms with van der Waals surface area (Å²) in [5.41, 5.74) is -1.58. The Kier molecular flexibility index (Phi) is 6.22. The molecule has 5 nitrogen and oxygen atoms in total. The molecule has 4 rings (SSSR count). The molecule has 2 aliphatic rings. The van der Waals surface area contributed by atoms with Gasteiger partial charge in [-0.1, -0.05) is 23.2 Å². The molecule has 12 heteroatoms. The van der Waals surface area contributed by atoms with E-state index in [4.69, 9.17) is 51.7 Å². The number of halogens is 7. The lowest BCUT2D eigenvalue weighted by molar-refractivity contribution is -0.137. The van der Waals surface area contributed by atoms with Gasteiger partial charge in [-0.15, -0.1) is 23.2 Å². The zero-order chi connectivity index (χ0) is 25.1. The Bertz CT molecular complexity index is 1240. The largest absolute Gasteiger partial charge is 0.416 e. The van der Waals surface area contributed by atoms with Gasteiger partial charge in [-0.25, -0.2) is 0 Å². The lowest BCUT2D eigenvalue weighted by Crippen LogP contribution is -2.35. The van der Waals surface area contributed by atoms with Crippen LogP contribution in [0, 0.1) is 17.2 Å². The normalized spacial score (nSPS) is 21.8. The number of benzene rings is 2. The Labute approximate surface area is 212 Å². The predicted octanol–water partition coefficient (Wildman–Crippen LogP) is 6.32. The highest BCUT2D eigenvalue weighted by atomic mass is 35.5. The van der Waals surface area contributed by atoms with Crippen molar-refractivity contribution < 1.29 is 22.8 Å². The van der Waals surface area contributed by atoms with Crippen molar-refractivity contribution in [3.05, 3.63) is 63.1 Å². The maximum Gasteiger partial charge on any atom is 0.416 e. The van der Waals surface area contributed by atoms with Crippen molar-refractivity contribution >= 4 is 63.9 Å². The molecule has 0 bridgehead atoms. The van der Waals surface area contributed by atoms with Crippen LogP contribution in [0.1, 0.15) is 40.2 Å². The minimum atomic E-state index is -4.64. The number of hydrogen-bond acceptors (Lipinski definition) is 3. The van der Waals surface area contributed by atoms with E-state index in [-0.39, 0.29) is 26.9 Å². The van der Waals surface area contributed by atoms with E-state index in [0.29, 0.717) is 12.8 Å². The van der Waals surface area contributed by atoms with Crippen LogP contribution in [0.5, 0.6) is 0 Å². The Morgan fingerprint density at radius 3 is 2.35 bits per heavy atom. The molecule has 2 fully saturated rings. The molecule has 0 heterocycles. The summed E-state index contributed by atoms with van der Waals surface area (Å²) < 4.78 is 37.8. The van der Waals surface area contributed by atoms with Gasteiger partial charge < -0.3 is 10.6 Å². The van der Waals surface area contributed by atoms with Crippen molar-refractivity contribution in [1.29, 1.82) is 5.26 Å². The fraction of sp³-hybridized carbons (Fsp3) is 0.318. The van der Waals surface area contributed by atoms with Crippen LogP contribution in [0.2, 0.25) is 10.0 Å². The Morgan fingerprint density at radius 1 is 1.09 bits per heavy atom. The van der Waals surface area contributed by atoms with Crippen molar-refractivity contribution in [2.75, 3.05) is 5.32 Å². The summed E-state index contributed by atoms with van der Waals surface area (Å²) in [4.78, 5) is 25.4. The van der Waals surface area contributed by atoms with Gasteiger partial charge in [0.05, 0.1) is 28.1 Å². The second kappa shape index (κ2) is 8.49. The van der Waals surface area contributed by atoms with Crippen molar-refractivity contribution in [2.24, 2.45) is 5.92 Å². The minimum absolute atomic E-state index is 0.0426. The monoisotopic (exact) mass is 549 g/mol. The van der Waals surface area contributed by atoms with Crippen LogP contribution in [0.3, 0.4) is 0 Å². The van der Waals surface area contributed by atoms with Gasteiger partial charge >= 0.3 is 6.18 Å². The number of carbonyl (C=O) groups excluding carboxylic acids is 2. The van der Waals surface area contributed by atoms with Crippen molar-refractivity contribution in [2.45, 2.75) is 34.8 Å². The predicted molar refractivity (Wildman–Crippen MR) is 122 cm³/mol. The molecule has 2 N–H and O–H groups in total. The number of nitriles is 1. The topological polar surface area (TPSA) is 82.0 Å². The molecule has 2 aromatic carbocycles. The van der Waals surface area contributed by atoms with E-state index >= 15 is 0 Å². The van der Waals surface area contributed by atoms with Gasteiger partial charge in [0.15, 0.2) is 0 Å². The van der Waals surface area contributed by atoms with Crippen LogP contribution in [-0.4, -0.2) is 21.7 Å². The molecule has 0 radical (unpaired) electrons. The summed E-state index contributed by atoms with van der Waals surface area (Å²) in [6.07, 6.45) is -3.59. The van der Waals surface area contributed by atoms with Gasteiger partial charge in [0.2, 0.25) is 5.91 Å². The number of anilines is 1. The summed E-state index contributed by atoms with van der Waals surface area (Å²) >= 11 is 24.5. The molecule has 2 atom stereocenters. The standard InChI is InChI=1S/C22H14Cl4F3N3O2/c23-12-6-10(5-11(7-12)22(27,28)29)16-17(21(16,25)26)19(34)31-13-1-2-15(24)14(8-13)18(33)32-20(9-30)3-4-20/h1-2,5-8,16-17H,3-4H2,(H,31,34)(H,32,33). The lowest BCUT2D eigenvalue weighted by Gasteiger charge is -2.12. The molecular formula is C22H14Cl4F3N3O2. The quantitative estimate of drug-likeness (QED) is 0.427. The van der Waals surface area contributed by atoms with E-state index in [1.807, 2.05) is 6.07 Å². The Hall–Kier alpha value is -2.18. The van der Waals surface area contributed by atoms with Crippen LogP contribution in [-0.2, 0) is 11.0 Å². The molecule has 2 saturated carbocycles. The number of nitrogens with one attached hydrogen (secondary N) is 2. The highest BCUT2D eigenvalue weighted by Crippen LogP contribution is 2.65. The van der Waals surface area contributed by atoms with E-state index in [0.717, 1.165) is 12.1 Å². The average molecular weight is 551 g/mol. The van der Waals surface area contributed by atoms with E-state index in [9.17, 15) is 22.8 Å². The lowest BCUT2D eigenvalue weighted by atomic mass is 10.0. The number of rotatable bonds is 5. The zero-order valence-electron chi connectivity index (χ0n) is 16.9. The first-order chi connectivity index (χ1) is 15.8. The van der Waals surface area contributed by atoms with Crippen LogP contribution in [0.25, 0.3) is 0 Å². The smallest absolute Gasteiger partial charge is 0.334 e. The van der Waals surface area contributed by atoms with Crippen molar-refractivity contribution in [3.63, 3.8) is 0 Å². The van der Waals surface area contributed by atoms with E-state index in [1.165, 1.54) is 24.3 Å². The highest BCUT2D eigenvalue weighted by molar-refractivity contribution is 6.53. The van der Waals surface area contributed by atoms with Crippen LogP contribution < -0.4 is 10.6 Å². The van der Waals surface area contributed by atoms with E-state index in [1.54, 1.807) is 0 Å². The Morgan fingerprint density at radius 2 is 1.76 bits per heavy atom. The van der Waals surface area contributed by atoms with Gasteiger partial charge in [0.25, 0.3) is 5.91 Å². The highest BCUT2D eigenvalue weighted by Gasteiger charge is 2.67. The third kappa shape index (κ3) is 4.80. The molecule has 0 saturated heterocycles. The van der Waals surface area contributed by atoms with Gasteiger partial charge in [0.1, 0.15) is 9.87 Å². The minimum Gasteiger partial charge on any atom is -0.334 e. The number of amides is 2. The first-order valence-electron chi connectivity index (χ1n) is 9.87. The molecule has 2 amide bonds. The molecule has 0 aromatic heterocycles. The molecule has 2 aliphatic carbocycles. The summed E-state index contributed by atoms with van der Waals surface area (Å²) in [7, 11) is 0. The van der Waals surface area contributed by atoms with Gasteiger partial charge in [0, 0.05) is 16.6 Å². The van der Waals surface area contributed by atoms with Crippen LogP contribution >= 0.6 is 46.4 Å². The molecule has 2 aromatic rings. The SMILES string of the molecule is N#CC1(NC(=O)c2cc(NC(=O)C3C(c4cc(Cl)cc(C(F)(F)F)c4)C3(Cl)Cl)ccc2Cl)CC1. The molecule has 34 heavy (non-hydrogen) atoms. The third-order valence-corrected chi connectivity index (χ3v) is 7.23. The number of alkyl halides is 5. The summed E-state index contributed by atoms with van der Waals surface area (Å²) in [6.45, 7) is 0. The Balaban J connectivity index is 1.53. The number of nitrogens with zero attached hydrogens (tertiary/aromatic N) is 1. The third-order valence-electron chi connectivity index (χ3n) is 5.74.